The molecule has 0 unspecified atom stereocenters. The van der Waals surface area contributed by atoms with Crippen molar-refractivity contribution in [2.45, 2.75) is 6.04 Å². The van der Waals surface area contributed by atoms with Crippen molar-refractivity contribution in [3.05, 3.63) is 30.4 Å². The van der Waals surface area contributed by atoms with Crippen LogP contribution in [0.5, 0.6) is 0 Å². The van der Waals surface area contributed by atoms with E-state index in [1.807, 2.05) is 31.1 Å². The van der Waals surface area contributed by atoms with Crippen molar-refractivity contribution in [2.24, 2.45) is 0 Å². The first-order valence-electron chi connectivity index (χ1n) is 5.69. The Hall–Kier alpha value is -1.93. The SMILES string of the molecule is CN(C)[C@@H](CNC(=O)Nc1cnns1)c1ccco1. The highest BCUT2D eigenvalue weighted by Crippen LogP contribution is 2.17. The maximum Gasteiger partial charge on any atom is 0.320 e. The summed E-state index contributed by atoms with van der Waals surface area (Å²) in [5.74, 6) is 0.810. The van der Waals surface area contributed by atoms with E-state index in [2.05, 4.69) is 20.2 Å². The van der Waals surface area contributed by atoms with Gasteiger partial charge >= 0.3 is 6.03 Å². The Morgan fingerprint density at radius 2 is 2.42 bits per heavy atom. The Morgan fingerprint density at radius 3 is 3.00 bits per heavy atom. The largest absolute Gasteiger partial charge is 0.468 e. The van der Waals surface area contributed by atoms with Crippen LogP contribution in [0.15, 0.2) is 29.0 Å². The number of amides is 2. The van der Waals surface area contributed by atoms with E-state index in [1.54, 1.807) is 6.26 Å². The molecule has 7 nitrogen and oxygen atoms in total. The highest BCUT2D eigenvalue weighted by atomic mass is 32.1. The summed E-state index contributed by atoms with van der Waals surface area (Å²) in [6, 6.07) is 3.41. The summed E-state index contributed by atoms with van der Waals surface area (Å²) < 4.78 is 9.03. The molecule has 0 aromatic carbocycles. The number of hydrogen-bond donors (Lipinski definition) is 2. The van der Waals surface area contributed by atoms with Crippen LogP contribution in [0.25, 0.3) is 0 Å². The minimum atomic E-state index is -0.288. The first-order valence-corrected chi connectivity index (χ1v) is 6.46. The van der Waals surface area contributed by atoms with Gasteiger partial charge in [0.25, 0.3) is 0 Å². The Morgan fingerprint density at radius 1 is 1.58 bits per heavy atom. The lowest BCUT2D eigenvalue weighted by Crippen LogP contribution is -2.36. The molecule has 0 saturated heterocycles. The summed E-state index contributed by atoms with van der Waals surface area (Å²) in [5, 5.41) is 9.70. The molecule has 2 rings (SSSR count). The fourth-order valence-electron chi connectivity index (χ4n) is 1.59. The maximum absolute atomic E-state index is 11.7. The fourth-order valence-corrected chi connectivity index (χ4v) is 2.00. The summed E-state index contributed by atoms with van der Waals surface area (Å²) in [6.45, 7) is 0.443. The zero-order valence-corrected chi connectivity index (χ0v) is 11.5. The molecule has 0 radical (unpaired) electrons. The molecule has 102 valence electrons. The number of urea groups is 1. The zero-order chi connectivity index (χ0) is 13.7. The van der Waals surface area contributed by atoms with E-state index in [0.717, 1.165) is 17.3 Å². The predicted molar refractivity (Wildman–Crippen MR) is 72.1 cm³/mol. The van der Waals surface area contributed by atoms with Crippen molar-refractivity contribution >= 4 is 22.6 Å². The molecule has 1 atom stereocenters. The van der Waals surface area contributed by atoms with Crippen LogP contribution in [0.2, 0.25) is 0 Å². The van der Waals surface area contributed by atoms with Gasteiger partial charge in [-0.3, -0.25) is 10.2 Å². The van der Waals surface area contributed by atoms with Crippen LogP contribution in [0.1, 0.15) is 11.8 Å². The number of nitrogens with one attached hydrogen (secondary N) is 2. The molecule has 0 bridgehead atoms. The van der Waals surface area contributed by atoms with E-state index in [1.165, 1.54) is 6.20 Å². The molecular formula is C11H15N5O2S. The van der Waals surface area contributed by atoms with Crippen LogP contribution >= 0.6 is 11.5 Å². The third-order valence-electron chi connectivity index (χ3n) is 2.55. The first-order chi connectivity index (χ1) is 9.16. The first kappa shape index (κ1) is 13.5. The van der Waals surface area contributed by atoms with Gasteiger partial charge in [-0.05, 0) is 26.2 Å². The molecule has 2 heterocycles. The van der Waals surface area contributed by atoms with Gasteiger partial charge in [-0.1, -0.05) is 4.49 Å². The van der Waals surface area contributed by atoms with Gasteiger partial charge < -0.3 is 9.73 Å². The number of carbonyl (C=O) groups excluding carboxylic acids is 1. The molecule has 0 saturated carbocycles. The molecule has 0 fully saturated rings. The average Bonchev–Trinajstić information content (AvgIpc) is 3.01. The summed E-state index contributed by atoms with van der Waals surface area (Å²) in [5.41, 5.74) is 0. The minimum Gasteiger partial charge on any atom is -0.468 e. The zero-order valence-electron chi connectivity index (χ0n) is 10.7. The summed E-state index contributed by atoms with van der Waals surface area (Å²) >= 11 is 1.13. The number of carbonyl (C=O) groups is 1. The molecule has 2 amide bonds. The van der Waals surface area contributed by atoms with E-state index in [-0.39, 0.29) is 12.1 Å². The van der Waals surface area contributed by atoms with Crippen molar-refractivity contribution < 1.29 is 9.21 Å². The number of likely N-dealkylation sites (N-methyl/N-ethyl adjacent to an activating group) is 1. The van der Waals surface area contributed by atoms with E-state index in [4.69, 9.17) is 4.42 Å². The molecule has 19 heavy (non-hydrogen) atoms. The standard InChI is InChI=1S/C11H15N5O2S/c1-16(2)8(9-4-3-5-18-9)6-12-11(17)14-10-7-13-15-19-10/h3-5,7-8H,6H2,1-2H3,(H2,12,14,17)/t8-/m0/s1. The van der Waals surface area contributed by atoms with Gasteiger partial charge in [0.2, 0.25) is 0 Å². The monoisotopic (exact) mass is 281 g/mol. The molecule has 2 aromatic rings. The molecular weight excluding hydrogens is 266 g/mol. The molecule has 2 N–H and O–H groups in total. The Balaban J connectivity index is 1.87. The van der Waals surface area contributed by atoms with Crippen LogP contribution in [0, 0.1) is 0 Å². The smallest absolute Gasteiger partial charge is 0.320 e. The topological polar surface area (TPSA) is 83.3 Å². The van der Waals surface area contributed by atoms with Crippen LogP contribution in [-0.4, -0.2) is 41.2 Å². The molecule has 0 spiro atoms. The Labute approximate surface area is 114 Å². The van der Waals surface area contributed by atoms with Crippen LogP contribution < -0.4 is 10.6 Å². The quantitative estimate of drug-likeness (QED) is 0.869. The van der Waals surface area contributed by atoms with E-state index >= 15 is 0 Å². The van der Waals surface area contributed by atoms with Gasteiger partial charge in [0.15, 0.2) is 0 Å². The summed E-state index contributed by atoms with van der Waals surface area (Å²) in [4.78, 5) is 13.7. The van der Waals surface area contributed by atoms with Gasteiger partial charge in [-0.2, -0.15) is 0 Å². The molecule has 0 aliphatic carbocycles. The van der Waals surface area contributed by atoms with Crippen molar-refractivity contribution in [1.29, 1.82) is 0 Å². The molecule has 2 aromatic heterocycles. The highest BCUT2D eigenvalue weighted by Gasteiger charge is 2.17. The third-order valence-corrected chi connectivity index (χ3v) is 3.13. The lowest BCUT2D eigenvalue weighted by Gasteiger charge is -2.22. The van der Waals surface area contributed by atoms with Crippen molar-refractivity contribution in [2.75, 3.05) is 26.0 Å². The number of furan rings is 1. The fraction of sp³-hybridized carbons (Fsp3) is 0.364. The van der Waals surface area contributed by atoms with E-state index in [0.29, 0.717) is 11.5 Å². The van der Waals surface area contributed by atoms with Gasteiger partial charge in [0.05, 0.1) is 18.5 Å². The minimum absolute atomic E-state index is 0.0136. The second kappa shape index (κ2) is 6.30. The lowest BCUT2D eigenvalue weighted by atomic mass is 10.2. The Kier molecular flexibility index (Phi) is 4.48. The summed E-state index contributed by atoms with van der Waals surface area (Å²) in [6.07, 6.45) is 3.12. The second-order valence-corrected chi connectivity index (χ2v) is 4.90. The van der Waals surface area contributed by atoms with Gasteiger partial charge in [0.1, 0.15) is 10.8 Å². The number of hydrogen-bond acceptors (Lipinski definition) is 6. The lowest BCUT2D eigenvalue weighted by molar-refractivity contribution is 0.233. The average molecular weight is 281 g/mol. The van der Waals surface area contributed by atoms with Crippen LogP contribution in [0.3, 0.4) is 0 Å². The second-order valence-electron chi connectivity index (χ2n) is 4.11. The highest BCUT2D eigenvalue weighted by molar-refractivity contribution is 7.10. The van der Waals surface area contributed by atoms with Crippen molar-refractivity contribution in [3.63, 3.8) is 0 Å². The normalized spacial score (nSPS) is 12.4. The Bertz CT molecular complexity index is 497. The third kappa shape index (κ3) is 3.76. The number of rotatable bonds is 5. The van der Waals surface area contributed by atoms with Crippen LogP contribution in [0.4, 0.5) is 9.80 Å². The molecule has 0 aliphatic rings. The maximum atomic E-state index is 11.7. The number of aromatic nitrogens is 2. The van der Waals surface area contributed by atoms with Crippen molar-refractivity contribution in [3.8, 4) is 0 Å². The van der Waals surface area contributed by atoms with Gasteiger partial charge in [0, 0.05) is 18.1 Å². The predicted octanol–water partition coefficient (Wildman–Crippen LogP) is 1.56. The van der Waals surface area contributed by atoms with Gasteiger partial charge in [-0.25, -0.2) is 4.79 Å². The van der Waals surface area contributed by atoms with Crippen molar-refractivity contribution in [1.82, 2.24) is 19.8 Å². The van der Waals surface area contributed by atoms with E-state index in [9.17, 15) is 4.79 Å². The van der Waals surface area contributed by atoms with E-state index < -0.39 is 0 Å². The molecule has 0 aliphatic heterocycles. The van der Waals surface area contributed by atoms with Gasteiger partial charge in [-0.15, -0.1) is 5.10 Å². The molecule has 8 heteroatoms. The number of anilines is 1. The number of nitrogens with zero attached hydrogens (tertiary/aromatic N) is 3. The summed E-state index contributed by atoms with van der Waals surface area (Å²) in [7, 11) is 3.86. The van der Waals surface area contributed by atoms with Crippen LogP contribution in [-0.2, 0) is 0 Å².